The maximum absolute atomic E-state index is 5.86. The Hall–Kier alpha value is -1.57. The maximum atomic E-state index is 5.86. The van der Waals surface area contributed by atoms with E-state index in [2.05, 4.69) is 58.7 Å². The van der Waals surface area contributed by atoms with E-state index >= 15 is 0 Å². The summed E-state index contributed by atoms with van der Waals surface area (Å²) in [6.07, 6.45) is 6.82. The lowest BCUT2D eigenvalue weighted by atomic mass is 9.87. The largest absolute Gasteiger partial charge is 0.439 e. The number of hydrogen-bond donors (Lipinski definition) is 2. The summed E-state index contributed by atoms with van der Waals surface area (Å²) in [4.78, 5) is 8.69. The Morgan fingerprint density at radius 1 is 1.27 bits per heavy atom. The minimum Gasteiger partial charge on any atom is -0.439 e. The molecule has 0 radical (unpaired) electrons. The molecule has 2 aromatic rings. The smallest absolute Gasteiger partial charge is 0.214 e. The van der Waals surface area contributed by atoms with Crippen molar-refractivity contribution in [2.45, 2.75) is 52.1 Å². The highest BCUT2D eigenvalue weighted by molar-refractivity contribution is 14.0. The Kier molecular flexibility index (Phi) is 7.93. The first kappa shape index (κ1) is 20.7. The van der Waals surface area contributed by atoms with E-state index in [-0.39, 0.29) is 24.0 Å². The predicted molar refractivity (Wildman–Crippen MR) is 117 cm³/mol. The van der Waals surface area contributed by atoms with Gasteiger partial charge in [0.1, 0.15) is 0 Å². The quantitative estimate of drug-likeness (QED) is 0.394. The number of aromatic nitrogens is 1. The van der Waals surface area contributed by atoms with Crippen LogP contribution in [-0.2, 0) is 6.54 Å². The molecule has 5 nitrogen and oxygen atoms in total. The molecular formula is C20H29IN4O. The van der Waals surface area contributed by atoms with Crippen LogP contribution in [0.25, 0.3) is 11.3 Å². The molecule has 1 aromatic heterocycles. The average molecular weight is 468 g/mol. The van der Waals surface area contributed by atoms with E-state index in [1.807, 2.05) is 0 Å². The summed E-state index contributed by atoms with van der Waals surface area (Å²) in [5.74, 6) is 3.05. The molecule has 1 aromatic carbocycles. The van der Waals surface area contributed by atoms with Gasteiger partial charge in [0.2, 0.25) is 5.89 Å². The molecule has 0 bridgehead atoms. The van der Waals surface area contributed by atoms with Crippen LogP contribution in [0, 0.1) is 12.8 Å². The number of aliphatic imine (C=N–C) groups is 1. The fraction of sp³-hybridized carbons (Fsp3) is 0.500. The second kappa shape index (κ2) is 9.94. The number of hydrogen-bond acceptors (Lipinski definition) is 3. The van der Waals surface area contributed by atoms with Crippen molar-refractivity contribution >= 4 is 29.9 Å². The van der Waals surface area contributed by atoms with Crippen molar-refractivity contribution in [1.82, 2.24) is 15.6 Å². The van der Waals surface area contributed by atoms with E-state index in [4.69, 9.17) is 4.42 Å². The Bertz CT molecular complexity index is 711. The first-order valence-electron chi connectivity index (χ1n) is 9.13. The molecule has 1 aliphatic rings. The van der Waals surface area contributed by atoms with Gasteiger partial charge < -0.3 is 15.1 Å². The molecular weight excluding hydrogens is 439 g/mol. The Balaban J connectivity index is 0.00000243. The Morgan fingerprint density at radius 2 is 2.04 bits per heavy atom. The summed E-state index contributed by atoms with van der Waals surface area (Å²) < 4.78 is 5.86. The van der Waals surface area contributed by atoms with Crippen molar-refractivity contribution in [3.05, 3.63) is 41.9 Å². The Labute approximate surface area is 173 Å². The third kappa shape index (κ3) is 5.72. The van der Waals surface area contributed by atoms with Crippen LogP contribution in [0.2, 0.25) is 0 Å². The van der Waals surface area contributed by atoms with Crippen molar-refractivity contribution < 1.29 is 4.42 Å². The summed E-state index contributed by atoms with van der Waals surface area (Å²) in [6, 6.07) is 8.76. The van der Waals surface area contributed by atoms with Gasteiger partial charge in [0, 0.05) is 18.7 Å². The molecule has 26 heavy (non-hydrogen) atoms. The van der Waals surface area contributed by atoms with Crippen molar-refractivity contribution in [3.8, 4) is 11.3 Å². The zero-order chi connectivity index (χ0) is 17.6. The number of guanidine groups is 1. The lowest BCUT2D eigenvalue weighted by Gasteiger charge is -2.28. The van der Waals surface area contributed by atoms with Crippen LogP contribution in [-0.4, -0.2) is 24.0 Å². The summed E-state index contributed by atoms with van der Waals surface area (Å²) in [5, 5.41) is 6.82. The van der Waals surface area contributed by atoms with E-state index in [9.17, 15) is 0 Å². The molecule has 2 unspecified atom stereocenters. The third-order valence-electron chi connectivity index (χ3n) is 4.80. The van der Waals surface area contributed by atoms with Crippen LogP contribution in [0.15, 0.2) is 39.9 Å². The van der Waals surface area contributed by atoms with E-state index in [1.165, 1.54) is 31.2 Å². The van der Waals surface area contributed by atoms with Crippen LogP contribution >= 0.6 is 24.0 Å². The van der Waals surface area contributed by atoms with Crippen molar-refractivity contribution in [2.75, 3.05) is 7.05 Å². The molecule has 1 heterocycles. The van der Waals surface area contributed by atoms with Gasteiger partial charge in [-0.25, -0.2) is 4.98 Å². The van der Waals surface area contributed by atoms with E-state index < -0.39 is 0 Å². The SMILES string of the molecule is CN=C(NCc1ncc(-c2ccc(C)cc2)o1)NC1CCCC(C)C1.I. The van der Waals surface area contributed by atoms with Gasteiger partial charge in [-0.15, -0.1) is 24.0 Å². The molecule has 1 saturated carbocycles. The van der Waals surface area contributed by atoms with Gasteiger partial charge in [-0.05, 0) is 25.7 Å². The lowest BCUT2D eigenvalue weighted by Crippen LogP contribution is -2.44. The first-order chi connectivity index (χ1) is 12.1. The van der Waals surface area contributed by atoms with Crippen LogP contribution in [0.5, 0.6) is 0 Å². The molecule has 0 amide bonds. The first-order valence-corrected chi connectivity index (χ1v) is 9.13. The second-order valence-corrected chi connectivity index (χ2v) is 7.02. The fourth-order valence-electron chi connectivity index (χ4n) is 3.36. The van der Waals surface area contributed by atoms with Gasteiger partial charge in [-0.3, -0.25) is 4.99 Å². The summed E-state index contributed by atoms with van der Waals surface area (Å²) >= 11 is 0. The molecule has 142 valence electrons. The predicted octanol–water partition coefficient (Wildman–Crippen LogP) is 4.51. The fourth-order valence-corrected chi connectivity index (χ4v) is 3.36. The van der Waals surface area contributed by atoms with E-state index in [0.717, 1.165) is 23.2 Å². The van der Waals surface area contributed by atoms with Gasteiger partial charge in [0.25, 0.3) is 0 Å². The van der Waals surface area contributed by atoms with Gasteiger partial charge in [0.05, 0.1) is 12.7 Å². The monoisotopic (exact) mass is 468 g/mol. The molecule has 1 fully saturated rings. The second-order valence-electron chi connectivity index (χ2n) is 7.02. The standard InChI is InChI=1S/C20H28N4O.HI/c1-14-7-9-16(10-8-14)18-12-22-19(25-18)13-23-20(21-3)24-17-6-4-5-15(2)11-17;/h7-10,12,15,17H,4-6,11,13H2,1-3H3,(H2,21,23,24);1H. The molecule has 1 aliphatic carbocycles. The summed E-state index contributed by atoms with van der Waals surface area (Å²) in [5.41, 5.74) is 2.28. The number of oxazole rings is 1. The maximum Gasteiger partial charge on any atom is 0.214 e. The van der Waals surface area contributed by atoms with Gasteiger partial charge in [-0.1, -0.05) is 49.6 Å². The number of benzene rings is 1. The topological polar surface area (TPSA) is 62.5 Å². The minimum absolute atomic E-state index is 0. The molecule has 0 spiro atoms. The van der Waals surface area contributed by atoms with Crippen molar-refractivity contribution in [3.63, 3.8) is 0 Å². The summed E-state index contributed by atoms with van der Waals surface area (Å²) in [6.45, 7) is 4.92. The molecule has 3 rings (SSSR count). The van der Waals surface area contributed by atoms with Gasteiger partial charge in [0.15, 0.2) is 11.7 Å². The molecule has 6 heteroatoms. The minimum atomic E-state index is 0. The van der Waals surface area contributed by atoms with E-state index in [0.29, 0.717) is 18.5 Å². The lowest BCUT2D eigenvalue weighted by molar-refractivity contribution is 0.324. The molecule has 0 aliphatic heterocycles. The van der Waals surface area contributed by atoms with E-state index in [1.54, 1.807) is 13.2 Å². The molecule has 2 N–H and O–H groups in total. The zero-order valence-electron chi connectivity index (χ0n) is 15.8. The molecule has 2 atom stereocenters. The average Bonchev–Trinajstić information content (AvgIpc) is 3.08. The van der Waals surface area contributed by atoms with Crippen LogP contribution in [0.1, 0.15) is 44.1 Å². The van der Waals surface area contributed by atoms with Gasteiger partial charge >= 0.3 is 0 Å². The van der Waals surface area contributed by atoms with Gasteiger partial charge in [-0.2, -0.15) is 0 Å². The highest BCUT2D eigenvalue weighted by atomic mass is 127. The number of nitrogens with one attached hydrogen (secondary N) is 2. The highest BCUT2D eigenvalue weighted by Crippen LogP contribution is 2.23. The zero-order valence-corrected chi connectivity index (χ0v) is 18.1. The highest BCUT2D eigenvalue weighted by Gasteiger charge is 2.19. The third-order valence-corrected chi connectivity index (χ3v) is 4.80. The van der Waals surface area contributed by atoms with Crippen LogP contribution in [0.4, 0.5) is 0 Å². The van der Waals surface area contributed by atoms with Crippen molar-refractivity contribution in [2.24, 2.45) is 10.9 Å². The van der Waals surface area contributed by atoms with Crippen LogP contribution < -0.4 is 10.6 Å². The van der Waals surface area contributed by atoms with Crippen LogP contribution in [0.3, 0.4) is 0 Å². The van der Waals surface area contributed by atoms with Crippen molar-refractivity contribution in [1.29, 1.82) is 0 Å². The Morgan fingerprint density at radius 3 is 2.73 bits per heavy atom. The number of halogens is 1. The normalized spacial score (nSPS) is 20.3. The number of nitrogens with zero attached hydrogens (tertiary/aromatic N) is 2. The molecule has 0 saturated heterocycles. The number of aryl methyl sites for hydroxylation is 1. The summed E-state index contributed by atoms with van der Waals surface area (Å²) in [7, 11) is 1.80. The number of rotatable bonds is 4.